The molecule has 3 aromatic carbocycles. The second-order valence-electron chi connectivity index (χ2n) is 8.03. The summed E-state index contributed by atoms with van der Waals surface area (Å²) in [4.78, 5) is 13.1. The van der Waals surface area contributed by atoms with Crippen molar-refractivity contribution in [2.75, 3.05) is 7.11 Å². The van der Waals surface area contributed by atoms with Gasteiger partial charge in [-0.1, -0.05) is 30.3 Å². The average molecular weight is 440 g/mol. The number of nitrogens with zero attached hydrogens (tertiary/aromatic N) is 1. The maximum atomic E-state index is 13.1. The fraction of sp³-hybridized carbons (Fsp3) is 0.179. The van der Waals surface area contributed by atoms with Gasteiger partial charge in [0.2, 0.25) is 5.78 Å². The minimum atomic E-state index is -0.122. The molecule has 0 spiro atoms. The number of benzene rings is 3. The maximum absolute atomic E-state index is 13.1. The van der Waals surface area contributed by atoms with Gasteiger partial charge in [-0.25, -0.2) is 0 Å². The number of aryl methyl sites for hydroxylation is 1. The van der Waals surface area contributed by atoms with Crippen molar-refractivity contribution in [3.05, 3.63) is 94.9 Å². The lowest BCUT2D eigenvalue weighted by molar-refractivity contribution is 0.101. The SMILES string of the molecule is CCn1cc(C=C2Oc3c(ccc(OCc4ccccc4)c3C)C2=O)c2cc(OC)ccc21. The van der Waals surface area contributed by atoms with Crippen LogP contribution in [0.5, 0.6) is 17.2 Å². The molecule has 33 heavy (non-hydrogen) atoms. The molecule has 5 nitrogen and oxygen atoms in total. The number of Topliss-reactive ketones (excluding diaryl/α,β-unsaturated/α-hetero) is 1. The van der Waals surface area contributed by atoms with Crippen LogP contribution in [0.3, 0.4) is 0 Å². The minimum Gasteiger partial charge on any atom is -0.497 e. The highest BCUT2D eigenvalue weighted by atomic mass is 16.5. The molecule has 1 aliphatic heterocycles. The molecule has 0 saturated heterocycles. The maximum Gasteiger partial charge on any atom is 0.231 e. The Balaban J connectivity index is 1.47. The smallest absolute Gasteiger partial charge is 0.231 e. The molecule has 0 amide bonds. The number of aromatic nitrogens is 1. The fourth-order valence-electron chi connectivity index (χ4n) is 4.21. The summed E-state index contributed by atoms with van der Waals surface area (Å²) in [6, 6.07) is 19.6. The first-order valence-corrected chi connectivity index (χ1v) is 11.0. The van der Waals surface area contributed by atoms with Crippen LogP contribution >= 0.6 is 0 Å². The van der Waals surface area contributed by atoms with Crippen LogP contribution in [0.1, 0.15) is 34.0 Å². The van der Waals surface area contributed by atoms with Gasteiger partial charge in [-0.05, 0) is 55.8 Å². The third-order valence-electron chi connectivity index (χ3n) is 6.02. The predicted octanol–water partition coefficient (Wildman–Crippen LogP) is 6.17. The number of fused-ring (bicyclic) bond motifs is 2. The van der Waals surface area contributed by atoms with Gasteiger partial charge in [0.05, 0.1) is 12.7 Å². The lowest BCUT2D eigenvalue weighted by atomic mass is 10.1. The van der Waals surface area contributed by atoms with Crippen LogP contribution in [0.15, 0.2) is 72.6 Å². The zero-order valence-corrected chi connectivity index (χ0v) is 18.9. The number of rotatable bonds is 6. The van der Waals surface area contributed by atoms with Crippen LogP contribution in [0.4, 0.5) is 0 Å². The monoisotopic (exact) mass is 439 g/mol. The summed E-state index contributed by atoms with van der Waals surface area (Å²) in [5.41, 5.74) is 4.46. The van der Waals surface area contributed by atoms with Crippen molar-refractivity contribution >= 4 is 22.8 Å². The Morgan fingerprint density at radius 2 is 1.88 bits per heavy atom. The summed E-state index contributed by atoms with van der Waals surface area (Å²) in [5.74, 6) is 2.23. The van der Waals surface area contributed by atoms with E-state index in [2.05, 4.69) is 11.5 Å². The zero-order valence-electron chi connectivity index (χ0n) is 18.9. The summed E-state index contributed by atoms with van der Waals surface area (Å²) in [7, 11) is 1.65. The number of hydrogen-bond acceptors (Lipinski definition) is 4. The van der Waals surface area contributed by atoms with Crippen molar-refractivity contribution in [1.29, 1.82) is 0 Å². The molecule has 1 aromatic heterocycles. The fourth-order valence-corrected chi connectivity index (χ4v) is 4.21. The van der Waals surface area contributed by atoms with E-state index in [0.29, 0.717) is 29.4 Å². The molecular formula is C28H25NO4. The van der Waals surface area contributed by atoms with Gasteiger partial charge in [0.15, 0.2) is 5.76 Å². The Kier molecular flexibility index (Phi) is 5.38. The van der Waals surface area contributed by atoms with Crippen LogP contribution in [-0.4, -0.2) is 17.5 Å². The normalized spacial score (nSPS) is 13.9. The molecule has 2 heterocycles. The van der Waals surface area contributed by atoms with E-state index >= 15 is 0 Å². The second-order valence-corrected chi connectivity index (χ2v) is 8.03. The van der Waals surface area contributed by atoms with Crippen LogP contribution in [0.2, 0.25) is 0 Å². The number of carbonyl (C=O) groups excluding carboxylic acids is 1. The standard InChI is InChI=1S/C28H25NO4/c1-4-29-16-20(23-15-21(31-3)10-12-24(23)29)14-26-27(30)22-11-13-25(18(2)28(22)33-26)32-17-19-8-6-5-7-9-19/h5-16H,4,17H2,1-3H3. The average Bonchev–Trinajstić information content (AvgIpc) is 3.36. The van der Waals surface area contributed by atoms with Crippen LogP contribution in [-0.2, 0) is 13.2 Å². The molecule has 0 unspecified atom stereocenters. The number of allylic oxidation sites excluding steroid dienone is 1. The number of carbonyl (C=O) groups is 1. The van der Waals surface area contributed by atoms with Gasteiger partial charge in [0, 0.05) is 34.8 Å². The van der Waals surface area contributed by atoms with E-state index in [9.17, 15) is 4.79 Å². The molecule has 0 atom stereocenters. The van der Waals surface area contributed by atoms with E-state index in [0.717, 1.165) is 39.9 Å². The molecule has 5 heteroatoms. The Labute approximate surface area is 192 Å². The van der Waals surface area contributed by atoms with E-state index in [1.807, 2.05) is 73.8 Å². The van der Waals surface area contributed by atoms with Crippen molar-refractivity contribution in [3.63, 3.8) is 0 Å². The van der Waals surface area contributed by atoms with E-state index in [-0.39, 0.29) is 5.78 Å². The molecule has 0 radical (unpaired) electrons. The Morgan fingerprint density at radius 1 is 1.06 bits per heavy atom. The Hall–Kier alpha value is -3.99. The van der Waals surface area contributed by atoms with E-state index < -0.39 is 0 Å². The zero-order chi connectivity index (χ0) is 22.9. The third kappa shape index (κ3) is 3.76. The number of ether oxygens (including phenoxy) is 3. The Morgan fingerprint density at radius 3 is 2.64 bits per heavy atom. The molecule has 4 aromatic rings. The highest BCUT2D eigenvalue weighted by Gasteiger charge is 2.30. The van der Waals surface area contributed by atoms with E-state index in [1.54, 1.807) is 13.2 Å². The molecule has 1 aliphatic rings. The van der Waals surface area contributed by atoms with Gasteiger partial charge in [-0.3, -0.25) is 4.79 Å². The molecule has 0 N–H and O–H groups in total. The topological polar surface area (TPSA) is 49.7 Å². The van der Waals surface area contributed by atoms with Crippen molar-refractivity contribution in [2.45, 2.75) is 27.0 Å². The van der Waals surface area contributed by atoms with Crippen molar-refractivity contribution in [2.24, 2.45) is 0 Å². The first kappa shape index (κ1) is 20.9. The van der Waals surface area contributed by atoms with Crippen LogP contribution in [0.25, 0.3) is 17.0 Å². The van der Waals surface area contributed by atoms with Crippen LogP contribution < -0.4 is 14.2 Å². The molecule has 0 saturated carbocycles. The molecule has 166 valence electrons. The summed E-state index contributed by atoms with van der Waals surface area (Å²) < 4.78 is 19.6. The van der Waals surface area contributed by atoms with Crippen molar-refractivity contribution in [3.8, 4) is 17.2 Å². The van der Waals surface area contributed by atoms with Gasteiger partial charge >= 0.3 is 0 Å². The highest BCUT2D eigenvalue weighted by molar-refractivity contribution is 6.15. The third-order valence-corrected chi connectivity index (χ3v) is 6.02. The highest BCUT2D eigenvalue weighted by Crippen LogP contribution is 2.40. The summed E-state index contributed by atoms with van der Waals surface area (Å²) in [6.45, 7) is 5.29. The summed E-state index contributed by atoms with van der Waals surface area (Å²) in [6.07, 6.45) is 3.86. The van der Waals surface area contributed by atoms with Crippen molar-refractivity contribution < 1.29 is 19.0 Å². The molecule has 5 rings (SSSR count). The molecular weight excluding hydrogens is 414 g/mol. The number of ketones is 1. The van der Waals surface area contributed by atoms with Crippen LogP contribution in [0, 0.1) is 6.92 Å². The van der Waals surface area contributed by atoms with Crippen molar-refractivity contribution in [1.82, 2.24) is 4.57 Å². The molecule has 0 aliphatic carbocycles. The second kappa shape index (κ2) is 8.51. The van der Waals surface area contributed by atoms with Gasteiger partial charge < -0.3 is 18.8 Å². The van der Waals surface area contributed by atoms with Gasteiger partial charge in [-0.2, -0.15) is 0 Å². The van der Waals surface area contributed by atoms with Gasteiger partial charge in [0.25, 0.3) is 0 Å². The lowest BCUT2D eigenvalue weighted by Crippen LogP contribution is -1.98. The minimum absolute atomic E-state index is 0.122. The quantitative estimate of drug-likeness (QED) is 0.337. The lowest BCUT2D eigenvalue weighted by Gasteiger charge is -2.11. The molecule has 0 fully saturated rings. The summed E-state index contributed by atoms with van der Waals surface area (Å²) >= 11 is 0. The van der Waals surface area contributed by atoms with Gasteiger partial charge in [0.1, 0.15) is 23.9 Å². The first-order chi connectivity index (χ1) is 16.1. The first-order valence-electron chi connectivity index (χ1n) is 11.0. The summed E-state index contributed by atoms with van der Waals surface area (Å²) in [5, 5.41) is 1.01. The predicted molar refractivity (Wildman–Crippen MR) is 129 cm³/mol. The van der Waals surface area contributed by atoms with E-state index in [1.165, 1.54) is 0 Å². The Bertz CT molecular complexity index is 1380. The number of hydrogen-bond donors (Lipinski definition) is 0. The molecule has 0 bridgehead atoms. The van der Waals surface area contributed by atoms with Gasteiger partial charge in [-0.15, -0.1) is 0 Å². The number of methoxy groups -OCH3 is 1. The van der Waals surface area contributed by atoms with E-state index in [4.69, 9.17) is 14.2 Å². The largest absolute Gasteiger partial charge is 0.497 e.